The Balaban J connectivity index is 1.95. The summed E-state index contributed by atoms with van der Waals surface area (Å²) in [6.07, 6.45) is 7.78. The molecule has 1 saturated carbocycles. The minimum Gasteiger partial charge on any atom is -0.370 e. The zero-order chi connectivity index (χ0) is 14.8. The summed E-state index contributed by atoms with van der Waals surface area (Å²) in [4.78, 5) is 12.1. The number of rotatable bonds is 4. The van der Waals surface area contributed by atoms with Crippen molar-refractivity contribution in [3.8, 4) is 0 Å². The lowest BCUT2D eigenvalue weighted by atomic mass is 9.85. The van der Waals surface area contributed by atoms with E-state index in [1.165, 1.54) is 50.0 Å². The molecule has 2 aliphatic rings. The Morgan fingerprint density at radius 3 is 2.71 bits per heavy atom. The fourth-order valence-corrected chi connectivity index (χ4v) is 4.00. The Morgan fingerprint density at radius 1 is 1.14 bits per heavy atom. The van der Waals surface area contributed by atoms with Crippen LogP contribution in [-0.2, 0) is 6.42 Å². The molecular formula is C17H28N4. The molecule has 1 aliphatic heterocycles. The molecule has 21 heavy (non-hydrogen) atoms. The molecule has 1 N–H and O–H groups in total. The molecule has 1 aliphatic carbocycles. The Labute approximate surface area is 128 Å². The maximum absolute atomic E-state index is 4.88. The first-order valence-corrected chi connectivity index (χ1v) is 8.62. The van der Waals surface area contributed by atoms with E-state index in [9.17, 15) is 0 Å². The summed E-state index contributed by atoms with van der Waals surface area (Å²) in [5.74, 6) is 4.07. The second-order valence-electron chi connectivity index (χ2n) is 6.41. The van der Waals surface area contributed by atoms with Crippen LogP contribution in [0.2, 0.25) is 0 Å². The minimum atomic E-state index is 0.714. The maximum atomic E-state index is 4.88. The van der Waals surface area contributed by atoms with Crippen LogP contribution in [0.3, 0.4) is 0 Å². The van der Waals surface area contributed by atoms with Crippen LogP contribution in [0.15, 0.2) is 0 Å². The van der Waals surface area contributed by atoms with Crippen LogP contribution in [0, 0.1) is 12.8 Å². The molecule has 2 heterocycles. The van der Waals surface area contributed by atoms with Crippen molar-refractivity contribution in [2.45, 2.75) is 65.3 Å². The molecule has 2 fully saturated rings. The highest BCUT2D eigenvalue weighted by Crippen LogP contribution is 2.39. The van der Waals surface area contributed by atoms with E-state index in [0.29, 0.717) is 6.04 Å². The van der Waals surface area contributed by atoms with Crippen LogP contribution >= 0.6 is 0 Å². The lowest BCUT2D eigenvalue weighted by Gasteiger charge is -2.33. The second-order valence-corrected chi connectivity index (χ2v) is 6.41. The van der Waals surface area contributed by atoms with E-state index >= 15 is 0 Å². The van der Waals surface area contributed by atoms with Crippen molar-refractivity contribution in [3.63, 3.8) is 0 Å². The van der Waals surface area contributed by atoms with E-state index in [1.807, 2.05) is 0 Å². The summed E-state index contributed by atoms with van der Waals surface area (Å²) in [5, 5.41) is 3.41. The van der Waals surface area contributed by atoms with Gasteiger partial charge in [0.05, 0.1) is 0 Å². The van der Waals surface area contributed by atoms with Crippen LogP contribution in [0.1, 0.15) is 57.3 Å². The molecule has 0 spiro atoms. The first-order valence-electron chi connectivity index (χ1n) is 8.62. The van der Waals surface area contributed by atoms with Crippen molar-refractivity contribution >= 4 is 11.6 Å². The van der Waals surface area contributed by atoms with E-state index in [2.05, 4.69) is 36.0 Å². The van der Waals surface area contributed by atoms with Gasteiger partial charge in [-0.15, -0.1) is 0 Å². The van der Waals surface area contributed by atoms with Crippen molar-refractivity contribution in [2.24, 2.45) is 5.92 Å². The predicted octanol–water partition coefficient (Wildman–Crippen LogP) is 3.55. The third-order valence-corrected chi connectivity index (χ3v) is 5.11. The highest BCUT2D eigenvalue weighted by atomic mass is 15.3. The molecule has 0 bridgehead atoms. The van der Waals surface area contributed by atoms with Gasteiger partial charge < -0.3 is 10.2 Å². The lowest BCUT2D eigenvalue weighted by Crippen LogP contribution is -2.36. The van der Waals surface area contributed by atoms with E-state index in [4.69, 9.17) is 4.98 Å². The number of anilines is 2. The zero-order valence-electron chi connectivity index (χ0n) is 13.7. The summed E-state index contributed by atoms with van der Waals surface area (Å²) in [6, 6.07) is 0.714. The number of aryl methyl sites for hydroxylation is 1. The van der Waals surface area contributed by atoms with Crippen LogP contribution < -0.4 is 10.2 Å². The van der Waals surface area contributed by atoms with Crippen molar-refractivity contribution in [1.29, 1.82) is 0 Å². The van der Waals surface area contributed by atoms with E-state index in [0.717, 1.165) is 30.5 Å². The molecule has 4 heteroatoms. The molecule has 0 aromatic carbocycles. The number of nitrogens with zero attached hydrogens (tertiary/aromatic N) is 3. The summed E-state index contributed by atoms with van der Waals surface area (Å²) in [6.45, 7) is 8.51. The number of aromatic nitrogens is 2. The number of fused-ring (bicyclic) bond motifs is 1. The molecule has 2 unspecified atom stereocenters. The molecular weight excluding hydrogens is 260 g/mol. The molecule has 0 radical (unpaired) electrons. The minimum absolute atomic E-state index is 0.714. The molecule has 1 aromatic heterocycles. The average Bonchev–Trinajstić information content (AvgIpc) is 2.93. The van der Waals surface area contributed by atoms with Gasteiger partial charge in [-0.1, -0.05) is 19.8 Å². The summed E-state index contributed by atoms with van der Waals surface area (Å²) in [5.41, 5.74) is 1.22. The molecule has 0 amide bonds. The maximum Gasteiger partial charge on any atom is 0.137 e. The van der Waals surface area contributed by atoms with E-state index < -0.39 is 0 Å². The summed E-state index contributed by atoms with van der Waals surface area (Å²) in [7, 11) is 0. The van der Waals surface area contributed by atoms with Crippen LogP contribution in [0.4, 0.5) is 11.6 Å². The Morgan fingerprint density at radius 2 is 1.95 bits per heavy atom. The smallest absolute Gasteiger partial charge is 0.137 e. The number of nitrogens with one attached hydrogen (secondary N) is 1. The zero-order valence-corrected chi connectivity index (χ0v) is 13.7. The van der Waals surface area contributed by atoms with Gasteiger partial charge in [-0.2, -0.15) is 0 Å². The topological polar surface area (TPSA) is 41.1 Å². The van der Waals surface area contributed by atoms with Gasteiger partial charge >= 0.3 is 0 Å². The largest absolute Gasteiger partial charge is 0.370 e. The van der Waals surface area contributed by atoms with Gasteiger partial charge in [-0.05, 0) is 39.0 Å². The van der Waals surface area contributed by atoms with Crippen molar-refractivity contribution < 1.29 is 0 Å². The highest BCUT2D eigenvalue weighted by Gasteiger charge is 2.37. The SMILES string of the molecule is CCNc1nc(CC)nc(N2CCC3CCCCC32)c1C. The fourth-order valence-electron chi connectivity index (χ4n) is 4.00. The monoisotopic (exact) mass is 288 g/mol. The number of hydrogen-bond donors (Lipinski definition) is 1. The van der Waals surface area contributed by atoms with E-state index in [1.54, 1.807) is 0 Å². The summed E-state index contributed by atoms with van der Waals surface area (Å²) < 4.78 is 0. The van der Waals surface area contributed by atoms with Crippen LogP contribution in [0.5, 0.6) is 0 Å². The quantitative estimate of drug-likeness (QED) is 0.920. The van der Waals surface area contributed by atoms with E-state index in [-0.39, 0.29) is 0 Å². The van der Waals surface area contributed by atoms with Gasteiger partial charge in [0.2, 0.25) is 0 Å². The molecule has 3 rings (SSSR count). The standard InChI is InChI=1S/C17H28N4/c1-4-15-19-16(18-5-2)12(3)17(20-15)21-11-10-13-8-6-7-9-14(13)21/h13-14H,4-11H2,1-3H3,(H,18,19,20). The normalized spacial score (nSPS) is 25.0. The second kappa shape index (κ2) is 6.20. The lowest BCUT2D eigenvalue weighted by molar-refractivity contribution is 0.341. The van der Waals surface area contributed by atoms with Gasteiger partial charge in [-0.3, -0.25) is 0 Å². The average molecular weight is 288 g/mol. The summed E-state index contributed by atoms with van der Waals surface area (Å²) >= 11 is 0. The first kappa shape index (κ1) is 14.6. The molecule has 4 nitrogen and oxygen atoms in total. The van der Waals surface area contributed by atoms with Crippen molar-refractivity contribution in [3.05, 3.63) is 11.4 Å². The molecule has 1 saturated heterocycles. The molecule has 1 aromatic rings. The highest BCUT2D eigenvalue weighted by molar-refractivity contribution is 5.59. The Kier molecular flexibility index (Phi) is 4.32. The predicted molar refractivity (Wildman–Crippen MR) is 88.0 cm³/mol. The Hall–Kier alpha value is -1.32. The fraction of sp³-hybridized carbons (Fsp3) is 0.765. The van der Waals surface area contributed by atoms with Crippen molar-refractivity contribution in [1.82, 2.24) is 9.97 Å². The number of hydrogen-bond acceptors (Lipinski definition) is 4. The van der Waals surface area contributed by atoms with Gasteiger partial charge in [0, 0.05) is 31.1 Å². The van der Waals surface area contributed by atoms with Crippen LogP contribution in [-0.4, -0.2) is 29.1 Å². The van der Waals surface area contributed by atoms with Crippen LogP contribution in [0.25, 0.3) is 0 Å². The van der Waals surface area contributed by atoms with Gasteiger partial charge in [0.25, 0.3) is 0 Å². The molecule has 2 atom stereocenters. The first-order chi connectivity index (χ1) is 10.2. The third-order valence-electron chi connectivity index (χ3n) is 5.11. The molecule has 116 valence electrons. The van der Waals surface area contributed by atoms with Crippen molar-refractivity contribution in [2.75, 3.05) is 23.3 Å². The van der Waals surface area contributed by atoms with Gasteiger partial charge in [-0.25, -0.2) is 9.97 Å². The Bertz CT molecular complexity index is 500. The third kappa shape index (κ3) is 2.72. The van der Waals surface area contributed by atoms with Gasteiger partial charge in [0.15, 0.2) is 0 Å². The van der Waals surface area contributed by atoms with Gasteiger partial charge in [0.1, 0.15) is 17.5 Å².